The third-order valence-corrected chi connectivity index (χ3v) is 4.19. The molecular formula is C16H14BrFN2OS. The first kappa shape index (κ1) is 16.7. The lowest BCUT2D eigenvalue weighted by Crippen LogP contribution is -2.19. The molecule has 6 heteroatoms. The van der Waals surface area contributed by atoms with Crippen LogP contribution in [0.2, 0.25) is 0 Å². The summed E-state index contributed by atoms with van der Waals surface area (Å²) in [5.41, 5.74) is 3.87. The van der Waals surface area contributed by atoms with Gasteiger partial charge in [-0.05, 0) is 23.8 Å². The second-order valence-corrected chi connectivity index (χ2v) is 6.34. The van der Waals surface area contributed by atoms with E-state index in [-0.39, 0.29) is 11.7 Å². The molecule has 0 aliphatic heterocycles. The van der Waals surface area contributed by atoms with Gasteiger partial charge in [0.2, 0.25) is 5.91 Å². The van der Waals surface area contributed by atoms with Gasteiger partial charge in [-0.3, -0.25) is 4.79 Å². The van der Waals surface area contributed by atoms with Gasteiger partial charge in [0.15, 0.2) is 0 Å². The zero-order valence-corrected chi connectivity index (χ0v) is 14.0. The van der Waals surface area contributed by atoms with Crippen molar-refractivity contribution in [1.82, 2.24) is 5.43 Å². The number of hydrogen-bond acceptors (Lipinski definition) is 3. The summed E-state index contributed by atoms with van der Waals surface area (Å²) < 4.78 is 14.3. The molecule has 0 aliphatic rings. The minimum atomic E-state index is -0.371. The van der Waals surface area contributed by atoms with Crippen LogP contribution in [-0.4, -0.2) is 17.9 Å². The largest absolute Gasteiger partial charge is 0.272 e. The van der Waals surface area contributed by atoms with Crippen LogP contribution in [0.5, 0.6) is 0 Å². The number of nitrogens with zero attached hydrogens (tertiary/aromatic N) is 1. The number of halogens is 2. The quantitative estimate of drug-likeness (QED) is 0.608. The fraction of sp³-hybridized carbons (Fsp3) is 0.125. The summed E-state index contributed by atoms with van der Waals surface area (Å²) in [4.78, 5) is 11.6. The molecule has 0 unspecified atom stereocenters. The first-order valence-corrected chi connectivity index (χ1v) is 8.48. The van der Waals surface area contributed by atoms with Crippen molar-refractivity contribution in [2.75, 3.05) is 5.75 Å². The van der Waals surface area contributed by atoms with Crippen LogP contribution in [0.3, 0.4) is 0 Å². The van der Waals surface area contributed by atoms with Crippen molar-refractivity contribution in [3.05, 3.63) is 69.9 Å². The molecule has 1 N–H and O–H groups in total. The number of benzene rings is 2. The van der Waals surface area contributed by atoms with Gasteiger partial charge in [-0.1, -0.05) is 46.3 Å². The molecule has 0 spiro atoms. The van der Waals surface area contributed by atoms with Gasteiger partial charge < -0.3 is 0 Å². The summed E-state index contributed by atoms with van der Waals surface area (Å²) in [6, 6.07) is 14.2. The van der Waals surface area contributed by atoms with Crippen LogP contribution in [0.4, 0.5) is 4.39 Å². The molecule has 0 atom stereocenters. The summed E-state index contributed by atoms with van der Waals surface area (Å²) in [6.45, 7) is 0. The van der Waals surface area contributed by atoms with E-state index in [9.17, 15) is 9.18 Å². The Kier molecular flexibility index (Phi) is 6.61. The molecule has 0 saturated carbocycles. The van der Waals surface area contributed by atoms with Gasteiger partial charge in [0.05, 0.1) is 12.0 Å². The maximum atomic E-state index is 13.3. The average molecular weight is 381 g/mol. The molecule has 0 fully saturated rings. The van der Waals surface area contributed by atoms with Crippen LogP contribution >= 0.6 is 27.7 Å². The fourth-order valence-corrected chi connectivity index (χ4v) is 2.89. The van der Waals surface area contributed by atoms with E-state index < -0.39 is 0 Å². The van der Waals surface area contributed by atoms with Crippen molar-refractivity contribution < 1.29 is 9.18 Å². The van der Waals surface area contributed by atoms with Crippen molar-refractivity contribution >= 4 is 39.8 Å². The molecule has 0 heterocycles. The lowest BCUT2D eigenvalue weighted by molar-refractivity contribution is -0.118. The van der Waals surface area contributed by atoms with E-state index >= 15 is 0 Å². The second kappa shape index (κ2) is 8.70. The first-order chi connectivity index (χ1) is 10.6. The maximum Gasteiger partial charge on any atom is 0.250 e. The third-order valence-electron chi connectivity index (χ3n) is 2.69. The number of thioether (sulfide) groups is 1. The van der Waals surface area contributed by atoms with Gasteiger partial charge in [0, 0.05) is 15.8 Å². The van der Waals surface area contributed by atoms with Gasteiger partial charge in [0.1, 0.15) is 5.82 Å². The number of hydrazone groups is 1. The summed E-state index contributed by atoms with van der Waals surface area (Å²) in [5, 5.41) is 3.76. The van der Waals surface area contributed by atoms with E-state index in [1.54, 1.807) is 18.2 Å². The maximum absolute atomic E-state index is 13.3. The van der Waals surface area contributed by atoms with Crippen LogP contribution in [-0.2, 0) is 10.5 Å². The average Bonchev–Trinajstić information content (AvgIpc) is 2.49. The molecule has 1 amide bonds. The molecule has 114 valence electrons. The van der Waals surface area contributed by atoms with Crippen molar-refractivity contribution in [2.24, 2.45) is 5.10 Å². The van der Waals surface area contributed by atoms with E-state index in [4.69, 9.17) is 0 Å². The molecule has 0 bridgehead atoms. The van der Waals surface area contributed by atoms with Crippen molar-refractivity contribution in [1.29, 1.82) is 0 Å². The number of carbonyl (C=O) groups excluding carboxylic acids is 1. The molecule has 0 aromatic heterocycles. The number of rotatable bonds is 6. The molecule has 22 heavy (non-hydrogen) atoms. The molecular weight excluding hydrogens is 367 g/mol. The summed E-state index contributed by atoms with van der Waals surface area (Å²) in [7, 11) is 0. The normalized spacial score (nSPS) is 10.8. The highest BCUT2D eigenvalue weighted by molar-refractivity contribution is 9.10. The van der Waals surface area contributed by atoms with Crippen molar-refractivity contribution in [3.8, 4) is 0 Å². The Hall–Kier alpha value is -1.66. The lowest BCUT2D eigenvalue weighted by atomic mass is 10.2. The molecule has 2 aromatic rings. The minimum absolute atomic E-state index is 0.215. The molecule has 2 aromatic carbocycles. The first-order valence-electron chi connectivity index (χ1n) is 6.54. The zero-order chi connectivity index (χ0) is 15.8. The zero-order valence-electron chi connectivity index (χ0n) is 11.6. The third kappa shape index (κ3) is 5.61. The fourth-order valence-electron chi connectivity index (χ4n) is 1.67. The molecule has 0 aliphatic carbocycles. The highest BCUT2D eigenvalue weighted by Gasteiger charge is 2.01. The summed E-state index contributed by atoms with van der Waals surface area (Å²) in [6.07, 6.45) is 1.30. The smallest absolute Gasteiger partial charge is 0.250 e. The van der Waals surface area contributed by atoms with Crippen LogP contribution in [0.1, 0.15) is 11.1 Å². The lowest BCUT2D eigenvalue weighted by Gasteiger charge is -2.02. The van der Waals surface area contributed by atoms with Gasteiger partial charge >= 0.3 is 0 Å². The van der Waals surface area contributed by atoms with Crippen molar-refractivity contribution in [3.63, 3.8) is 0 Å². The predicted octanol–water partition coefficient (Wildman–Crippen LogP) is 3.97. The minimum Gasteiger partial charge on any atom is -0.272 e. The topological polar surface area (TPSA) is 41.5 Å². The molecule has 3 nitrogen and oxygen atoms in total. The number of hydrogen-bond donors (Lipinski definition) is 1. The van der Waals surface area contributed by atoms with Gasteiger partial charge in [-0.15, -0.1) is 11.8 Å². The molecule has 2 rings (SSSR count). The van der Waals surface area contributed by atoms with E-state index in [0.29, 0.717) is 11.3 Å². The molecule has 0 saturated heterocycles. The van der Waals surface area contributed by atoms with Crippen LogP contribution in [0, 0.1) is 5.82 Å². The van der Waals surface area contributed by atoms with Gasteiger partial charge in [-0.25, -0.2) is 9.82 Å². The van der Waals surface area contributed by atoms with Crippen LogP contribution in [0.15, 0.2) is 58.1 Å². The Morgan fingerprint density at radius 1 is 1.27 bits per heavy atom. The van der Waals surface area contributed by atoms with Gasteiger partial charge in [-0.2, -0.15) is 5.10 Å². The monoisotopic (exact) mass is 380 g/mol. The van der Waals surface area contributed by atoms with E-state index in [1.165, 1.54) is 24.0 Å². The molecule has 0 radical (unpaired) electrons. The Labute approximate surface area is 141 Å². The second-order valence-electron chi connectivity index (χ2n) is 4.44. The van der Waals surface area contributed by atoms with Crippen LogP contribution in [0.25, 0.3) is 0 Å². The number of nitrogens with one attached hydrogen (secondary N) is 1. The van der Waals surface area contributed by atoms with Gasteiger partial charge in [0.25, 0.3) is 0 Å². The standard InChI is InChI=1S/C16H14BrFN2OS/c17-14-6-3-4-12(8-14)10-22-11-16(21)20-19-9-13-5-1-2-7-15(13)18/h1-9H,10-11H2,(H,20,21)/b19-9+. The SMILES string of the molecule is O=C(CSCc1cccc(Br)c1)N/N=C/c1ccccc1F. The van der Waals surface area contributed by atoms with Crippen LogP contribution < -0.4 is 5.43 Å². The summed E-state index contributed by atoms with van der Waals surface area (Å²) >= 11 is 4.90. The number of amides is 1. The highest BCUT2D eigenvalue weighted by Crippen LogP contribution is 2.16. The summed E-state index contributed by atoms with van der Waals surface area (Å²) in [5.74, 6) is 0.447. The predicted molar refractivity (Wildman–Crippen MR) is 92.4 cm³/mol. The van der Waals surface area contributed by atoms with E-state index in [1.807, 2.05) is 24.3 Å². The van der Waals surface area contributed by atoms with E-state index in [0.717, 1.165) is 15.8 Å². The number of carbonyl (C=O) groups is 1. The van der Waals surface area contributed by atoms with Crippen molar-refractivity contribution in [2.45, 2.75) is 5.75 Å². The Balaban J connectivity index is 1.73. The Morgan fingerprint density at radius 2 is 2.09 bits per heavy atom. The highest BCUT2D eigenvalue weighted by atomic mass is 79.9. The Bertz CT molecular complexity index is 679. The van der Waals surface area contributed by atoms with E-state index in [2.05, 4.69) is 26.5 Å². The Morgan fingerprint density at radius 3 is 2.86 bits per heavy atom.